The minimum absolute atomic E-state index is 0.182. The van der Waals surface area contributed by atoms with Crippen molar-refractivity contribution in [2.24, 2.45) is 0 Å². The molecule has 4 rings (SSSR count). The molecular formula is C21H15N3O3S2. The lowest BCUT2D eigenvalue weighted by atomic mass is 10.0. The summed E-state index contributed by atoms with van der Waals surface area (Å²) >= 11 is 6.45. The molecule has 29 heavy (non-hydrogen) atoms. The van der Waals surface area contributed by atoms with E-state index in [1.165, 1.54) is 4.90 Å². The molecule has 1 aliphatic rings. The molecule has 0 saturated carbocycles. The topological polar surface area (TPSA) is 83.4 Å². The fourth-order valence-electron chi connectivity index (χ4n) is 3.10. The molecule has 144 valence electrons. The standard InChI is InChI=1S/C21H15N3O3S2/c25-19-18(12-14-6-7-15-16(10-14)23-9-8-22-15)29-21(28)24(19)17(20(26)27)11-13-4-2-1-3-5-13/h1-10,12,17H,11H2,(H,26,27)/b18-12-/t17-/m0/s1. The van der Waals surface area contributed by atoms with Crippen molar-refractivity contribution in [3.8, 4) is 0 Å². The van der Waals surface area contributed by atoms with E-state index in [-0.39, 0.29) is 10.7 Å². The summed E-state index contributed by atoms with van der Waals surface area (Å²) in [6.07, 6.45) is 5.11. The second-order valence-electron chi connectivity index (χ2n) is 6.40. The highest BCUT2D eigenvalue weighted by Gasteiger charge is 2.40. The first kappa shape index (κ1) is 19.2. The van der Waals surface area contributed by atoms with Crippen LogP contribution in [0, 0.1) is 0 Å². The zero-order valence-electron chi connectivity index (χ0n) is 15.1. The predicted molar refractivity (Wildman–Crippen MR) is 116 cm³/mol. The number of hydrogen-bond donors (Lipinski definition) is 1. The van der Waals surface area contributed by atoms with E-state index in [0.29, 0.717) is 10.4 Å². The van der Waals surface area contributed by atoms with Gasteiger partial charge >= 0.3 is 5.97 Å². The van der Waals surface area contributed by atoms with Gasteiger partial charge in [0.25, 0.3) is 5.91 Å². The molecule has 0 bridgehead atoms. The Bertz CT molecular complexity index is 1150. The van der Waals surface area contributed by atoms with Crippen LogP contribution < -0.4 is 0 Å². The highest BCUT2D eigenvalue weighted by Crippen LogP contribution is 2.35. The first-order valence-corrected chi connectivity index (χ1v) is 10.00. The van der Waals surface area contributed by atoms with E-state index in [4.69, 9.17) is 12.2 Å². The largest absolute Gasteiger partial charge is 0.480 e. The van der Waals surface area contributed by atoms with Crippen LogP contribution in [0.2, 0.25) is 0 Å². The quantitative estimate of drug-likeness (QED) is 0.498. The maximum Gasteiger partial charge on any atom is 0.327 e. The van der Waals surface area contributed by atoms with Gasteiger partial charge in [0.2, 0.25) is 0 Å². The molecule has 0 unspecified atom stereocenters. The molecular weight excluding hydrogens is 406 g/mol. The van der Waals surface area contributed by atoms with Crippen LogP contribution in [-0.4, -0.2) is 42.2 Å². The van der Waals surface area contributed by atoms with Crippen molar-refractivity contribution in [1.82, 2.24) is 14.9 Å². The minimum atomic E-state index is -1.09. The summed E-state index contributed by atoms with van der Waals surface area (Å²) in [7, 11) is 0. The van der Waals surface area contributed by atoms with Gasteiger partial charge in [-0.2, -0.15) is 0 Å². The van der Waals surface area contributed by atoms with Crippen LogP contribution in [0.15, 0.2) is 65.8 Å². The Hall–Kier alpha value is -3.10. The molecule has 1 atom stereocenters. The molecule has 1 fully saturated rings. The summed E-state index contributed by atoms with van der Waals surface area (Å²) in [5.41, 5.74) is 3.06. The summed E-state index contributed by atoms with van der Waals surface area (Å²) in [4.78, 5) is 34.9. The van der Waals surface area contributed by atoms with Crippen molar-refractivity contribution < 1.29 is 14.7 Å². The average Bonchev–Trinajstić information content (AvgIpc) is 2.99. The number of aromatic nitrogens is 2. The van der Waals surface area contributed by atoms with Gasteiger partial charge in [0, 0.05) is 18.8 Å². The number of benzene rings is 2. The molecule has 8 heteroatoms. The van der Waals surface area contributed by atoms with Gasteiger partial charge in [0.1, 0.15) is 10.4 Å². The Morgan fingerprint density at radius 1 is 1.14 bits per heavy atom. The van der Waals surface area contributed by atoms with Crippen molar-refractivity contribution in [3.05, 3.63) is 77.0 Å². The molecule has 3 aromatic rings. The highest BCUT2D eigenvalue weighted by atomic mass is 32.2. The van der Waals surface area contributed by atoms with Crippen LogP contribution in [0.5, 0.6) is 0 Å². The molecule has 1 amide bonds. The third-order valence-electron chi connectivity index (χ3n) is 4.48. The number of aliphatic carboxylic acids is 1. The molecule has 1 aliphatic heterocycles. The predicted octanol–water partition coefficient (Wildman–Crippen LogP) is 3.53. The zero-order valence-corrected chi connectivity index (χ0v) is 16.7. The summed E-state index contributed by atoms with van der Waals surface area (Å²) < 4.78 is 0.241. The fourth-order valence-corrected chi connectivity index (χ4v) is 4.45. The number of thioether (sulfide) groups is 1. The Morgan fingerprint density at radius 2 is 1.86 bits per heavy atom. The number of rotatable bonds is 5. The molecule has 6 nitrogen and oxygen atoms in total. The van der Waals surface area contributed by atoms with Crippen molar-refractivity contribution in [1.29, 1.82) is 0 Å². The van der Waals surface area contributed by atoms with E-state index in [1.54, 1.807) is 18.5 Å². The normalized spacial score (nSPS) is 16.6. The van der Waals surface area contributed by atoms with Gasteiger partial charge in [-0.1, -0.05) is 60.4 Å². The maximum atomic E-state index is 13.0. The Morgan fingerprint density at radius 3 is 2.59 bits per heavy atom. The number of hydrogen-bond acceptors (Lipinski definition) is 6. The lowest BCUT2D eigenvalue weighted by Crippen LogP contribution is -2.45. The van der Waals surface area contributed by atoms with Crippen molar-refractivity contribution in [3.63, 3.8) is 0 Å². The molecule has 2 aromatic carbocycles. The van der Waals surface area contributed by atoms with Gasteiger partial charge in [-0.3, -0.25) is 19.7 Å². The minimum Gasteiger partial charge on any atom is -0.480 e. The van der Waals surface area contributed by atoms with Crippen molar-refractivity contribution in [2.45, 2.75) is 12.5 Å². The smallest absolute Gasteiger partial charge is 0.327 e. The number of carboxylic acids is 1. The van der Waals surface area contributed by atoms with Crippen molar-refractivity contribution >= 4 is 57.3 Å². The molecule has 1 N–H and O–H groups in total. The molecule has 0 aliphatic carbocycles. The number of amides is 1. The molecule has 0 radical (unpaired) electrons. The van der Waals surface area contributed by atoms with Gasteiger partial charge in [-0.25, -0.2) is 4.79 Å². The highest BCUT2D eigenvalue weighted by molar-refractivity contribution is 8.26. The van der Waals surface area contributed by atoms with E-state index >= 15 is 0 Å². The summed E-state index contributed by atoms with van der Waals surface area (Å²) in [6, 6.07) is 13.6. The van der Waals surface area contributed by atoms with Crippen LogP contribution in [0.4, 0.5) is 0 Å². The third-order valence-corrected chi connectivity index (χ3v) is 5.81. The van der Waals surface area contributed by atoms with E-state index < -0.39 is 17.9 Å². The maximum absolute atomic E-state index is 13.0. The molecule has 1 aromatic heterocycles. The van der Waals surface area contributed by atoms with E-state index in [2.05, 4.69) is 9.97 Å². The van der Waals surface area contributed by atoms with Gasteiger partial charge in [0.15, 0.2) is 0 Å². The average molecular weight is 422 g/mol. The van der Waals surface area contributed by atoms with Crippen LogP contribution in [0.25, 0.3) is 17.1 Å². The van der Waals surface area contributed by atoms with Crippen LogP contribution in [-0.2, 0) is 16.0 Å². The lowest BCUT2D eigenvalue weighted by Gasteiger charge is -2.23. The lowest BCUT2D eigenvalue weighted by molar-refractivity contribution is -0.145. The Balaban J connectivity index is 1.62. The fraction of sp³-hybridized carbons (Fsp3) is 0.0952. The monoisotopic (exact) mass is 421 g/mol. The van der Waals surface area contributed by atoms with Gasteiger partial charge in [0.05, 0.1) is 15.9 Å². The van der Waals surface area contributed by atoms with Crippen LogP contribution in [0.1, 0.15) is 11.1 Å². The van der Waals surface area contributed by atoms with E-state index in [0.717, 1.165) is 28.4 Å². The van der Waals surface area contributed by atoms with Gasteiger partial charge in [-0.15, -0.1) is 0 Å². The van der Waals surface area contributed by atoms with Gasteiger partial charge in [-0.05, 0) is 29.3 Å². The van der Waals surface area contributed by atoms with Crippen LogP contribution >= 0.6 is 24.0 Å². The second-order valence-corrected chi connectivity index (χ2v) is 8.08. The second kappa shape index (κ2) is 8.10. The number of carbonyl (C=O) groups is 2. The van der Waals surface area contributed by atoms with E-state index in [9.17, 15) is 14.7 Å². The first-order valence-electron chi connectivity index (χ1n) is 8.77. The summed E-state index contributed by atoms with van der Waals surface area (Å²) in [5.74, 6) is -1.49. The van der Waals surface area contributed by atoms with Crippen molar-refractivity contribution in [2.75, 3.05) is 0 Å². The molecule has 1 saturated heterocycles. The number of fused-ring (bicyclic) bond motifs is 1. The number of nitrogens with zero attached hydrogens (tertiary/aromatic N) is 3. The number of carboxylic acid groups (broad SMARTS) is 1. The summed E-state index contributed by atoms with van der Waals surface area (Å²) in [6.45, 7) is 0. The van der Waals surface area contributed by atoms with Crippen LogP contribution in [0.3, 0.4) is 0 Å². The summed E-state index contributed by atoms with van der Waals surface area (Å²) in [5, 5.41) is 9.73. The molecule has 2 heterocycles. The zero-order chi connectivity index (χ0) is 20.4. The third kappa shape index (κ3) is 4.03. The Kier molecular flexibility index (Phi) is 5.37. The SMILES string of the molecule is O=C(O)[C@H](Cc1ccccc1)N1C(=O)/C(=C/c2ccc3nccnc3c2)SC1=S. The Labute approximate surface area is 176 Å². The van der Waals surface area contributed by atoms with E-state index in [1.807, 2.05) is 48.5 Å². The number of thiocarbonyl (C=S) groups is 1. The number of carbonyl (C=O) groups excluding carboxylic acids is 1. The first-order chi connectivity index (χ1) is 14.0. The van der Waals surface area contributed by atoms with Gasteiger partial charge < -0.3 is 5.11 Å². The molecule has 0 spiro atoms.